The van der Waals surface area contributed by atoms with Crippen LogP contribution in [0.1, 0.15) is 33.0 Å². The van der Waals surface area contributed by atoms with Crippen molar-refractivity contribution in [2.45, 2.75) is 12.8 Å². The minimum Gasteiger partial charge on any atom is -0.387 e. The number of carbonyl (C=O) groups excluding carboxylic acids is 1. The first-order valence-electron chi connectivity index (χ1n) is 5.63. The normalized spacial score (nSPS) is 12.1. The minimum absolute atomic E-state index is 0.0163. The molecule has 1 aromatic heterocycles. The Labute approximate surface area is 110 Å². The SMILES string of the molecule is C[C@@H](C(=N)N)c1ccc(C(=O)c2ccccc2)s1. The van der Waals surface area contributed by atoms with Crippen LogP contribution < -0.4 is 5.73 Å². The fraction of sp³-hybridized carbons (Fsp3) is 0.143. The molecular weight excluding hydrogens is 244 g/mol. The van der Waals surface area contributed by atoms with Crippen molar-refractivity contribution in [3.05, 3.63) is 57.8 Å². The average molecular weight is 258 g/mol. The average Bonchev–Trinajstić information content (AvgIpc) is 2.87. The summed E-state index contributed by atoms with van der Waals surface area (Å²) in [7, 11) is 0. The Morgan fingerprint density at radius 1 is 1.22 bits per heavy atom. The molecule has 1 aromatic carbocycles. The fourth-order valence-corrected chi connectivity index (χ4v) is 2.63. The van der Waals surface area contributed by atoms with Gasteiger partial charge in [0.2, 0.25) is 5.78 Å². The lowest BCUT2D eigenvalue weighted by Crippen LogP contribution is -2.16. The molecule has 92 valence electrons. The lowest BCUT2D eigenvalue weighted by Gasteiger charge is -2.05. The first kappa shape index (κ1) is 12.5. The molecular formula is C14H14N2OS. The van der Waals surface area contributed by atoms with E-state index in [1.807, 2.05) is 31.2 Å². The first-order valence-corrected chi connectivity index (χ1v) is 6.44. The van der Waals surface area contributed by atoms with Crippen LogP contribution in [0.15, 0.2) is 42.5 Å². The molecule has 4 heteroatoms. The lowest BCUT2D eigenvalue weighted by atomic mass is 10.1. The quantitative estimate of drug-likeness (QED) is 0.503. The second-order valence-corrected chi connectivity index (χ2v) is 5.19. The van der Waals surface area contributed by atoms with E-state index in [4.69, 9.17) is 11.1 Å². The highest BCUT2D eigenvalue weighted by molar-refractivity contribution is 7.14. The molecule has 0 fully saturated rings. The van der Waals surface area contributed by atoms with Gasteiger partial charge in [-0.1, -0.05) is 37.3 Å². The van der Waals surface area contributed by atoms with E-state index >= 15 is 0 Å². The molecule has 2 rings (SSSR count). The molecule has 1 heterocycles. The summed E-state index contributed by atoms with van der Waals surface area (Å²) in [5, 5.41) is 7.42. The number of hydrogen-bond acceptors (Lipinski definition) is 3. The van der Waals surface area contributed by atoms with Crippen LogP contribution in [0.25, 0.3) is 0 Å². The molecule has 0 spiro atoms. The van der Waals surface area contributed by atoms with Crippen LogP contribution in [-0.4, -0.2) is 11.6 Å². The van der Waals surface area contributed by atoms with E-state index in [-0.39, 0.29) is 17.5 Å². The summed E-state index contributed by atoms with van der Waals surface area (Å²) in [6.45, 7) is 1.87. The molecule has 0 radical (unpaired) electrons. The van der Waals surface area contributed by atoms with E-state index in [0.29, 0.717) is 10.4 Å². The summed E-state index contributed by atoms with van der Waals surface area (Å²) in [4.78, 5) is 13.8. The van der Waals surface area contributed by atoms with Gasteiger partial charge in [-0.2, -0.15) is 0 Å². The van der Waals surface area contributed by atoms with E-state index in [1.54, 1.807) is 18.2 Å². The van der Waals surface area contributed by atoms with E-state index in [2.05, 4.69) is 0 Å². The largest absolute Gasteiger partial charge is 0.387 e. The molecule has 18 heavy (non-hydrogen) atoms. The third kappa shape index (κ3) is 2.49. The molecule has 0 aliphatic rings. The van der Waals surface area contributed by atoms with Gasteiger partial charge in [0, 0.05) is 16.4 Å². The summed E-state index contributed by atoms with van der Waals surface area (Å²) in [6, 6.07) is 12.8. The van der Waals surface area contributed by atoms with Crippen LogP contribution in [0.3, 0.4) is 0 Å². The molecule has 0 bridgehead atoms. The van der Waals surface area contributed by atoms with Gasteiger partial charge in [0.25, 0.3) is 0 Å². The van der Waals surface area contributed by atoms with Crippen LogP contribution in [0.2, 0.25) is 0 Å². The number of nitrogens with one attached hydrogen (secondary N) is 1. The Morgan fingerprint density at radius 3 is 2.50 bits per heavy atom. The van der Waals surface area contributed by atoms with Crippen molar-refractivity contribution in [1.82, 2.24) is 0 Å². The Morgan fingerprint density at radius 2 is 1.89 bits per heavy atom. The summed E-state index contributed by atoms with van der Waals surface area (Å²) in [6.07, 6.45) is 0. The summed E-state index contributed by atoms with van der Waals surface area (Å²) in [5.74, 6) is 0.00508. The molecule has 3 N–H and O–H groups in total. The first-order chi connectivity index (χ1) is 8.59. The zero-order valence-corrected chi connectivity index (χ0v) is 10.8. The van der Waals surface area contributed by atoms with Crippen LogP contribution in [0, 0.1) is 5.41 Å². The number of thiophene rings is 1. The number of amidine groups is 1. The highest BCUT2D eigenvalue weighted by Crippen LogP contribution is 2.26. The monoisotopic (exact) mass is 258 g/mol. The molecule has 1 atom stereocenters. The zero-order chi connectivity index (χ0) is 13.1. The second-order valence-electron chi connectivity index (χ2n) is 4.07. The molecule has 0 saturated carbocycles. The lowest BCUT2D eigenvalue weighted by molar-refractivity contribution is 0.104. The zero-order valence-electron chi connectivity index (χ0n) is 10.0. The molecule has 0 unspecified atom stereocenters. The standard InChI is InChI=1S/C14H14N2OS/c1-9(14(15)16)11-7-8-12(18-11)13(17)10-5-3-2-4-6-10/h2-9H,1H3,(H3,15,16)/t9-/m1/s1. The Kier molecular flexibility index (Phi) is 3.58. The number of nitrogens with two attached hydrogens (primary N) is 1. The minimum atomic E-state index is -0.132. The van der Waals surface area contributed by atoms with E-state index < -0.39 is 0 Å². The number of benzene rings is 1. The van der Waals surface area contributed by atoms with Gasteiger partial charge in [-0.25, -0.2) is 0 Å². The maximum absolute atomic E-state index is 12.2. The van der Waals surface area contributed by atoms with Gasteiger partial charge in [-0.3, -0.25) is 10.2 Å². The van der Waals surface area contributed by atoms with Crippen LogP contribution in [0.4, 0.5) is 0 Å². The van der Waals surface area contributed by atoms with Crippen molar-refractivity contribution >= 4 is 23.0 Å². The number of carbonyl (C=O) groups is 1. The third-order valence-corrected chi connectivity index (χ3v) is 4.05. The van der Waals surface area contributed by atoms with Gasteiger partial charge in [0.05, 0.1) is 10.7 Å². The van der Waals surface area contributed by atoms with Crippen molar-refractivity contribution in [2.24, 2.45) is 5.73 Å². The molecule has 0 saturated heterocycles. The van der Waals surface area contributed by atoms with E-state index in [9.17, 15) is 4.79 Å². The van der Waals surface area contributed by atoms with Crippen LogP contribution >= 0.6 is 11.3 Å². The van der Waals surface area contributed by atoms with E-state index in [0.717, 1.165) is 4.88 Å². The highest BCUT2D eigenvalue weighted by Gasteiger charge is 2.15. The second kappa shape index (κ2) is 5.14. The van der Waals surface area contributed by atoms with Crippen molar-refractivity contribution in [2.75, 3.05) is 0 Å². The molecule has 3 nitrogen and oxygen atoms in total. The van der Waals surface area contributed by atoms with Crippen molar-refractivity contribution in [3.63, 3.8) is 0 Å². The Hall–Kier alpha value is -1.94. The van der Waals surface area contributed by atoms with Gasteiger partial charge in [-0.15, -0.1) is 11.3 Å². The fourth-order valence-electron chi connectivity index (χ4n) is 1.59. The molecule has 0 aliphatic heterocycles. The Bertz CT molecular complexity index is 574. The van der Waals surface area contributed by atoms with Crippen LogP contribution in [-0.2, 0) is 0 Å². The molecule has 2 aromatic rings. The van der Waals surface area contributed by atoms with Gasteiger partial charge >= 0.3 is 0 Å². The van der Waals surface area contributed by atoms with Crippen LogP contribution in [0.5, 0.6) is 0 Å². The van der Waals surface area contributed by atoms with Gasteiger partial charge in [0.1, 0.15) is 0 Å². The summed E-state index contributed by atoms with van der Waals surface area (Å²) < 4.78 is 0. The van der Waals surface area contributed by atoms with Crippen molar-refractivity contribution in [1.29, 1.82) is 5.41 Å². The number of ketones is 1. The van der Waals surface area contributed by atoms with E-state index in [1.165, 1.54) is 11.3 Å². The molecule has 0 amide bonds. The van der Waals surface area contributed by atoms with Gasteiger partial charge in [-0.05, 0) is 12.1 Å². The predicted molar refractivity (Wildman–Crippen MR) is 74.5 cm³/mol. The maximum Gasteiger partial charge on any atom is 0.202 e. The third-order valence-electron chi connectivity index (χ3n) is 2.78. The summed E-state index contributed by atoms with van der Waals surface area (Å²) >= 11 is 1.40. The molecule has 0 aliphatic carbocycles. The van der Waals surface area contributed by atoms with Crippen molar-refractivity contribution < 1.29 is 4.79 Å². The topological polar surface area (TPSA) is 66.9 Å². The Balaban J connectivity index is 2.26. The van der Waals surface area contributed by atoms with Gasteiger partial charge < -0.3 is 5.73 Å². The van der Waals surface area contributed by atoms with Crippen molar-refractivity contribution in [3.8, 4) is 0 Å². The van der Waals surface area contributed by atoms with Gasteiger partial charge in [0.15, 0.2) is 0 Å². The highest BCUT2D eigenvalue weighted by atomic mass is 32.1. The summed E-state index contributed by atoms with van der Waals surface area (Å²) in [5.41, 5.74) is 6.15. The number of hydrogen-bond donors (Lipinski definition) is 2. The maximum atomic E-state index is 12.2. The predicted octanol–water partition coefficient (Wildman–Crippen LogP) is 3.02. The number of rotatable bonds is 4. The smallest absolute Gasteiger partial charge is 0.202 e.